The number of hydrogen-bond acceptors (Lipinski definition) is 2. The van der Waals surface area contributed by atoms with Crippen LogP contribution in [0.4, 0.5) is 8.78 Å². The quantitative estimate of drug-likeness (QED) is 0.233. The summed E-state index contributed by atoms with van der Waals surface area (Å²) in [5.74, 6) is -1.01. The van der Waals surface area contributed by atoms with Gasteiger partial charge in [-0.15, -0.1) is 0 Å². The number of aryl methyl sites for hydroxylation is 1. The van der Waals surface area contributed by atoms with E-state index in [9.17, 15) is 8.78 Å². The Labute approximate surface area is 211 Å². The number of hydrogen-bond donors (Lipinski definition) is 0. The fourth-order valence-corrected chi connectivity index (χ4v) is 4.86. The van der Waals surface area contributed by atoms with Crippen molar-refractivity contribution in [1.29, 1.82) is 0 Å². The Morgan fingerprint density at radius 1 is 0.686 bits per heavy atom. The van der Waals surface area contributed by atoms with E-state index in [4.69, 9.17) is 9.47 Å². The van der Waals surface area contributed by atoms with Crippen LogP contribution in [0.1, 0.15) is 108 Å². The van der Waals surface area contributed by atoms with E-state index in [2.05, 4.69) is 13.8 Å². The van der Waals surface area contributed by atoms with Crippen molar-refractivity contribution in [3.05, 3.63) is 59.2 Å². The minimum atomic E-state index is -0.758. The van der Waals surface area contributed by atoms with Gasteiger partial charge in [0.05, 0.1) is 13.2 Å². The second-order valence-electron chi connectivity index (χ2n) is 10.1. The SMILES string of the molecule is CCCCCCCCC1COC(c2ccc(-c3ccc(CCCCCCC)c(F)c3F)cc2)OC1. The number of halogens is 2. The molecule has 1 aliphatic heterocycles. The first-order valence-corrected chi connectivity index (χ1v) is 13.9. The van der Waals surface area contributed by atoms with Crippen molar-refractivity contribution in [3.8, 4) is 11.1 Å². The Morgan fingerprint density at radius 3 is 1.94 bits per heavy atom. The molecule has 2 aromatic rings. The zero-order valence-electron chi connectivity index (χ0n) is 21.8. The van der Waals surface area contributed by atoms with Crippen LogP contribution in [-0.4, -0.2) is 13.2 Å². The highest BCUT2D eigenvalue weighted by Crippen LogP contribution is 2.31. The molecule has 35 heavy (non-hydrogen) atoms. The largest absolute Gasteiger partial charge is 0.348 e. The number of benzene rings is 2. The average Bonchev–Trinajstić information content (AvgIpc) is 2.89. The molecule has 1 aliphatic rings. The van der Waals surface area contributed by atoms with E-state index >= 15 is 0 Å². The van der Waals surface area contributed by atoms with Crippen LogP contribution in [0, 0.1) is 17.6 Å². The van der Waals surface area contributed by atoms with Gasteiger partial charge in [0.2, 0.25) is 0 Å². The first-order chi connectivity index (χ1) is 17.1. The maximum atomic E-state index is 14.8. The van der Waals surface area contributed by atoms with Gasteiger partial charge in [-0.1, -0.05) is 114 Å². The van der Waals surface area contributed by atoms with Gasteiger partial charge in [-0.3, -0.25) is 0 Å². The summed E-state index contributed by atoms with van der Waals surface area (Å²) in [6.07, 6.45) is 14.6. The molecule has 4 heteroatoms. The third-order valence-corrected chi connectivity index (χ3v) is 7.14. The van der Waals surface area contributed by atoms with Crippen LogP contribution in [-0.2, 0) is 15.9 Å². The zero-order chi connectivity index (χ0) is 24.9. The lowest BCUT2D eigenvalue weighted by Gasteiger charge is -2.29. The molecular formula is C31H44F2O2. The van der Waals surface area contributed by atoms with Crippen LogP contribution in [0.25, 0.3) is 11.1 Å². The number of ether oxygens (including phenoxy) is 2. The summed E-state index contributed by atoms with van der Waals surface area (Å²) in [5.41, 5.74) is 2.35. The van der Waals surface area contributed by atoms with E-state index in [-0.39, 0.29) is 6.29 Å². The summed E-state index contributed by atoms with van der Waals surface area (Å²) in [6.45, 7) is 5.83. The molecule has 0 saturated carbocycles. The van der Waals surface area contributed by atoms with Crippen molar-refractivity contribution in [1.82, 2.24) is 0 Å². The predicted molar refractivity (Wildman–Crippen MR) is 140 cm³/mol. The van der Waals surface area contributed by atoms with Gasteiger partial charge < -0.3 is 9.47 Å². The summed E-state index contributed by atoms with van der Waals surface area (Å²) in [7, 11) is 0. The molecule has 0 atom stereocenters. The monoisotopic (exact) mass is 486 g/mol. The second kappa shape index (κ2) is 15.4. The molecule has 2 aromatic carbocycles. The molecule has 2 nitrogen and oxygen atoms in total. The maximum Gasteiger partial charge on any atom is 0.183 e. The summed E-state index contributed by atoms with van der Waals surface area (Å²) >= 11 is 0. The molecule has 0 amide bonds. The molecule has 1 fully saturated rings. The molecule has 0 aromatic heterocycles. The van der Waals surface area contributed by atoms with Gasteiger partial charge in [0.1, 0.15) is 0 Å². The van der Waals surface area contributed by atoms with E-state index in [1.54, 1.807) is 12.1 Å². The third-order valence-electron chi connectivity index (χ3n) is 7.14. The van der Waals surface area contributed by atoms with Crippen molar-refractivity contribution in [2.75, 3.05) is 13.2 Å². The normalized spacial score (nSPS) is 18.2. The first kappa shape index (κ1) is 27.8. The molecule has 1 saturated heterocycles. The zero-order valence-corrected chi connectivity index (χ0v) is 21.8. The fourth-order valence-electron chi connectivity index (χ4n) is 4.86. The van der Waals surface area contributed by atoms with E-state index in [0.29, 0.717) is 42.2 Å². The van der Waals surface area contributed by atoms with Gasteiger partial charge in [-0.25, -0.2) is 8.78 Å². The summed E-state index contributed by atoms with van der Waals surface area (Å²) < 4.78 is 41.5. The Balaban J connectivity index is 1.48. The van der Waals surface area contributed by atoms with Gasteiger partial charge in [0.15, 0.2) is 17.9 Å². The highest BCUT2D eigenvalue weighted by Gasteiger charge is 2.23. The second-order valence-corrected chi connectivity index (χ2v) is 10.1. The van der Waals surface area contributed by atoms with Crippen LogP contribution >= 0.6 is 0 Å². The molecule has 0 N–H and O–H groups in total. The molecule has 3 rings (SSSR count). The van der Waals surface area contributed by atoms with Crippen molar-refractivity contribution >= 4 is 0 Å². The average molecular weight is 487 g/mol. The van der Waals surface area contributed by atoms with Crippen molar-refractivity contribution in [2.45, 2.75) is 104 Å². The molecule has 0 unspecified atom stereocenters. The van der Waals surface area contributed by atoms with Crippen molar-refractivity contribution in [3.63, 3.8) is 0 Å². The molecule has 194 valence electrons. The molecule has 0 bridgehead atoms. The standard InChI is InChI=1S/C31H44F2O2/c1-3-5-7-9-11-12-14-24-22-34-31(35-23-24)27-18-16-25(17-19-27)28-21-20-26(29(32)30(28)33)15-13-10-8-6-4-2/h16-21,24,31H,3-15,22-23H2,1-2H3. The van der Waals surface area contributed by atoms with E-state index in [1.807, 2.05) is 24.3 Å². The Kier molecular flexibility index (Phi) is 12.2. The van der Waals surface area contributed by atoms with Crippen molar-refractivity contribution in [2.24, 2.45) is 5.92 Å². The van der Waals surface area contributed by atoms with Gasteiger partial charge in [-0.05, 0) is 30.4 Å². The van der Waals surface area contributed by atoms with Crippen LogP contribution in [0.3, 0.4) is 0 Å². The van der Waals surface area contributed by atoms with Crippen LogP contribution < -0.4 is 0 Å². The number of unbranched alkanes of at least 4 members (excludes halogenated alkanes) is 9. The fraction of sp³-hybridized carbons (Fsp3) is 0.613. The van der Waals surface area contributed by atoms with Gasteiger partial charge in [0.25, 0.3) is 0 Å². The van der Waals surface area contributed by atoms with Crippen molar-refractivity contribution < 1.29 is 18.3 Å². The number of rotatable bonds is 15. The summed E-state index contributed by atoms with van der Waals surface area (Å²) in [6, 6.07) is 10.9. The lowest BCUT2D eigenvalue weighted by Crippen LogP contribution is -2.27. The minimum Gasteiger partial charge on any atom is -0.348 e. The Morgan fingerprint density at radius 2 is 1.29 bits per heavy atom. The highest BCUT2D eigenvalue weighted by molar-refractivity contribution is 5.65. The van der Waals surface area contributed by atoms with Crippen LogP contribution in [0.5, 0.6) is 0 Å². The van der Waals surface area contributed by atoms with Crippen LogP contribution in [0.2, 0.25) is 0 Å². The molecular weight excluding hydrogens is 442 g/mol. The topological polar surface area (TPSA) is 18.5 Å². The van der Waals surface area contributed by atoms with E-state index in [1.165, 1.54) is 51.4 Å². The smallest absolute Gasteiger partial charge is 0.183 e. The summed E-state index contributed by atoms with van der Waals surface area (Å²) in [4.78, 5) is 0. The first-order valence-electron chi connectivity index (χ1n) is 13.9. The Bertz CT molecular complexity index is 857. The minimum absolute atomic E-state index is 0.299. The van der Waals surface area contributed by atoms with Gasteiger partial charge in [-0.2, -0.15) is 0 Å². The molecule has 0 spiro atoms. The molecule has 1 heterocycles. The lowest BCUT2D eigenvalue weighted by atomic mass is 9.98. The van der Waals surface area contributed by atoms with E-state index < -0.39 is 11.6 Å². The third kappa shape index (κ3) is 8.68. The van der Waals surface area contributed by atoms with Gasteiger partial charge >= 0.3 is 0 Å². The Hall–Kier alpha value is -1.78. The lowest BCUT2D eigenvalue weighted by molar-refractivity contribution is -0.206. The highest BCUT2D eigenvalue weighted by atomic mass is 19.2. The summed E-state index contributed by atoms with van der Waals surface area (Å²) in [5, 5.41) is 0. The van der Waals surface area contributed by atoms with Crippen LogP contribution in [0.15, 0.2) is 36.4 Å². The predicted octanol–water partition coefficient (Wildman–Crippen LogP) is 9.56. The van der Waals surface area contributed by atoms with E-state index in [0.717, 1.165) is 31.2 Å². The maximum absolute atomic E-state index is 14.8. The van der Waals surface area contributed by atoms with Gasteiger partial charge in [0, 0.05) is 17.0 Å². The molecule has 0 aliphatic carbocycles. The molecule has 0 radical (unpaired) electrons.